The highest BCUT2D eigenvalue weighted by molar-refractivity contribution is 7.08. The molecule has 0 spiro atoms. The number of carbonyl (C=O) groups is 1. The van der Waals surface area contributed by atoms with Gasteiger partial charge in [0.25, 0.3) is 0 Å². The van der Waals surface area contributed by atoms with Crippen LogP contribution in [0.15, 0.2) is 21.3 Å². The van der Waals surface area contributed by atoms with Crippen molar-refractivity contribution < 1.29 is 9.32 Å². The lowest BCUT2D eigenvalue weighted by Gasteiger charge is -2.03. The van der Waals surface area contributed by atoms with Crippen molar-refractivity contribution in [2.75, 3.05) is 6.54 Å². The number of carbonyl (C=O) groups excluding carboxylic acids is 1. The van der Waals surface area contributed by atoms with Crippen molar-refractivity contribution in [1.82, 2.24) is 15.5 Å². The highest BCUT2D eigenvalue weighted by Gasteiger charge is 2.10. The van der Waals surface area contributed by atoms with Crippen LogP contribution in [0, 0.1) is 0 Å². The second-order valence-corrected chi connectivity index (χ2v) is 5.71. The summed E-state index contributed by atoms with van der Waals surface area (Å²) < 4.78 is 5.16. The van der Waals surface area contributed by atoms with Crippen molar-refractivity contribution in [2.45, 2.75) is 45.4 Å². The van der Waals surface area contributed by atoms with E-state index in [4.69, 9.17) is 4.52 Å². The molecule has 114 valence electrons. The molecule has 0 aliphatic rings. The van der Waals surface area contributed by atoms with E-state index in [-0.39, 0.29) is 5.91 Å². The lowest BCUT2D eigenvalue weighted by atomic mass is 10.2. The van der Waals surface area contributed by atoms with E-state index in [9.17, 15) is 4.79 Å². The van der Waals surface area contributed by atoms with Crippen molar-refractivity contribution >= 4 is 17.2 Å². The standard InChI is InChI=1S/C15H21N3O2S/c1-2-3-4-5-9-16-13(19)6-7-14-17-15(18-20-14)12-8-10-21-11-12/h8,10-11H,2-7,9H2,1H3,(H,16,19). The number of amides is 1. The molecule has 0 aliphatic heterocycles. The molecule has 0 fully saturated rings. The van der Waals surface area contributed by atoms with Crippen molar-refractivity contribution in [1.29, 1.82) is 0 Å². The predicted molar refractivity (Wildman–Crippen MR) is 83.1 cm³/mol. The average Bonchev–Trinajstić information content (AvgIpc) is 3.15. The normalized spacial score (nSPS) is 10.7. The number of unbranched alkanes of at least 4 members (excludes halogenated alkanes) is 3. The molecule has 0 bridgehead atoms. The minimum atomic E-state index is 0.0433. The Labute approximate surface area is 128 Å². The molecule has 5 nitrogen and oxygen atoms in total. The Kier molecular flexibility index (Phi) is 6.40. The van der Waals surface area contributed by atoms with Crippen LogP contribution in [0.25, 0.3) is 11.4 Å². The first-order valence-electron chi connectivity index (χ1n) is 7.41. The fraction of sp³-hybridized carbons (Fsp3) is 0.533. The van der Waals surface area contributed by atoms with Crippen LogP contribution < -0.4 is 5.32 Å². The van der Waals surface area contributed by atoms with Gasteiger partial charge in [0.05, 0.1) is 0 Å². The summed E-state index contributed by atoms with van der Waals surface area (Å²) in [6.07, 6.45) is 5.52. The number of hydrogen-bond acceptors (Lipinski definition) is 5. The van der Waals surface area contributed by atoms with Crippen LogP contribution in [0.1, 0.15) is 44.9 Å². The Morgan fingerprint density at radius 2 is 2.29 bits per heavy atom. The Morgan fingerprint density at radius 1 is 1.38 bits per heavy atom. The zero-order valence-electron chi connectivity index (χ0n) is 12.3. The van der Waals surface area contributed by atoms with Crippen LogP contribution in [0.2, 0.25) is 0 Å². The molecule has 2 heterocycles. The minimum absolute atomic E-state index is 0.0433. The van der Waals surface area contributed by atoms with E-state index in [0.717, 1.165) is 18.5 Å². The Morgan fingerprint density at radius 3 is 3.05 bits per heavy atom. The number of hydrogen-bond donors (Lipinski definition) is 1. The van der Waals surface area contributed by atoms with Gasteiger partial charge in [-0.3, -0.25) is 4.79 Å². The van der Waals surface area contributed by atoms with Gasteiger partial charge in [0.1, 0.15) is 0 Å². The van der Waals surface area contributed by atoms with Gasteiger partial charge in [-0.05, 0) is 17.9 Å². The fourth-order valence-corrected chi connectivity index (χ4v) is 2.59. The van der Waals surface area contributed by atoms with E-state index in [2.05, 4.69) is 22.4 Å². The number of nitrogens with zero attached hydrogens (tertiary/aromatic N) is 2. The second-order valence-electron chi connectivity index (χ2n) is 4.93. The van der Waals surface area contributed by atoms with E-state index in [1.807, 2.05) is 16.8 Å². The van der Waals surface area contributed by atoms with Crippen LogP contribution >= 0.6 is 11.3 Å². The van der Waals surface area contributed by atoms with E-state index < -0.39 is 0 Å². The molecule has 2 aromatic rings. The van der Waals surface area contributed by atoms with Gasteiger partial charge >= 0.3 is 0 Å². The SMILES string of the molecule is CCCCCCNC(=O)CCc1nc(-c2ccsc2)no1. The summed E-state index contributed by atoms with van der Waals surface area (Å²) in [5, 5.41) is 10.8. The van der Waals surface area contributed by atoms with E-state index in [1.54, 1.807) is 11.3 Å². The summed E-state index contributed by atoms with van der Waals surface area (Å²) >= 11 is 1.59. The van der Waals surface area contributed by atoms with Crippen molar-refractivity contribution in [3.8, 4) is 11.4 Å². The van der Waals surface area contributed by atoms with Gasteiger partial charge in [-0.25, -0.2) is 0 Å². The molecule has 0 unspecified atom stereocenters. The molecule has 2 aromatic heterocycles. The zero-order valence-corrected chi connectivity index (χ0v) is 13.1. The highest BCUT2D eigenvalue weighted by Crippen LogP contribution is 2.18. The average molecular weight is 307 g/mol. The van der Waals surface area contributed by atoms with Gasteiger partial charge in [-0.2, -0.15) is 16.3 Å². The first kappa shape index (κ1) is 15.7. The second kappa shape index (κ2) is 8.56. The molecule has 21 heavy (non-hydrogen) atoms. The summed E-state index contributed by atoms with van der Waals surface area (Å²) in [6, 6.07) is 1.95. The quantitative estimate of drug-likeness (QED) is 0.721. The molecular weight excluding hydrogens is 286 g/mol. The summed E-state index contributed by atoms with van der Waals surface area (Å²) in [5.41, 5.74) is 0.954. The fourth-order valence-electron chi connectivity index (χ4n) is 1.95. The smallest absolute Gasteiger partial charge is 0.227 e. The molecule has 0 radical (unpaired) electrons. The molecule has 6 heteroatoms. The molecule has 0 aromatic carbocycles. The summed E-state index contributed by atoms with van der Waals surface area (Å²) in [5.74, 6) is 1.14. The van der Waals surface area contributed by atoms with Gasteiger partial charge in [-0.15, -0.1) is 0 Å². The number of nitrogens with one attached hydrogen (secondary N) is 1. The largest absolute Gasteiger partial charge is 0.356 e. The number of aromatic nitrogens is 2. The Bertz CT molecular complexity index is 537. The van der Waals surface area contributed by atoms with Gasteiger partial charge in [-0.1, -0.05) is 31.3 Å². The van der Waals surface area contributed by atoms with Crippen LogP contribution in [-0.2, 0) is 11.2 Å². The van der Waals surface area contributed by atoms with Crippen molar-refractivity contribution in [3.05, 3.63) is 22.7 Å². The summed E-state index contributed by atoms with van der Waals surface area (Å²) in [4.78, 5) is 16.0. The summed E-state index contributed by atoms with van der Waals surface area (Å²) in [7, 11) is 0. The minimum Gasteiger partial charge on any atom is -0.356 e. The third-order valence-corrected chi connectivity index (χ3v) is 3.85. The molecule has 0 saturated carbocycles. The van der Waals surface area contributed by atoms with Gasteiger partial charge in [0.2, 0.25) is 17.6 Å². The van der Waals surface area contributed by atoms with Crippen LogP contribution in [-0.4, -0.2) is 22.6 Å². The molecule has 0 saturated heterocycles. The van der Waals surface area contributed by atoms with Crippen LogP contribution in [0.5, 0.6) is 0 Å². The van der Waals surface area contributed by atoms with Crippen molar-refractivity contribution in [3.63, 3.8) is 0 Å². The van der Waals surface area contributed by atoms with Crippen molar-refractivity contribution in [2.24, 2.45) is 0 Å². The Hall–Kier alpha value is -1.69. The van der Waals surface area contributed by atoms with E-state index >= 15 is 0 Å². The third-order valence-electron chi connectivity index (χ3n) is 3.17. The first-order valence-corrected chi connectivity index (χ1v) is 8.35. The maximum Gasteiger partial charge on any atom is 0.227 e. The maximum absolute atomic E-state index is 11.7. The maximum atomic E-state index is 11.7. The summed E-state index contributed by atoms with van der Waals surface area (Å²) in [6.45, 7) is 2.93. The number of aryl methyl sites for hydroxylation is 1. The van der Waals surface area contributed by atoms with E-state index in [1.165, 1.54) is 19.3 Å². The first-order chi connectivity index (χ1) is 10.3. The molecule has 0 atom stereocenters. The topological polar surface area (TPSA) is 68.0 Å². The molecule has 2 rings (SSSR count). The Balaban J connectivity index is 1.67. The van der Waals surface area contributed by atoms with Crippen LogP contribution in [0.4, 0.5) is 0 Å². The molecule has 1 N–H and O–H groups in total. The zero-order chi connectivity index (χ0) is 14.9. The number of thiophene rings is 1. The van der Waals surface area contributed by atoms with Gasteiger partial charge in [0.15, 0.2) is 0 Å². The number of rotatable bonds is 9. The van der Waals surface area contributed by atoms with E-state index in [0.29, 0.717) is 24.6 Å². The van der Waals surface area contributed by atoms with Gasteiger partial charge < -0.3 is 9.84 Å². The lowest BCUT2D eigenvalue weighted by Crippen LogP contribution is -2.24. The monoisotopic (exact) mass is 307 g/mol. The lowest BCUT2D eigenvalue weighted by molar-refractivity contribution is -0.121. The molecular formula is C15H21N3O2S. The predicted octanol–water partition coefficient (Wildman–Crippen LogP) is 3.43. The molecule has 0 aliphatic carbocycles. The van der Waals surface area contributed by atoms with Crippen LogP contribution in [0.3, 0.4) is 0 Å². The third kappa shape index (κ3) is 5.30. The molecule has 1 amide bonds. The van der Waals surface area contributed by atoms with Gasteiger partial charge in [0, 0.05) is 30.3 Å². The highest BCUT2D eigenvalue weighted by atomic mass is 32.1.